The van der Waals surface area contributed by atoms with Gasteiger partial charge >= 0.3 is 11.9 Å². The minimum atomic E-state index is -4.42. The lowest BCUT2D eigenvalue weighted by atomic mass is 10.2. The molecule has 1 aromatic heterocycles. The highest BCUT2D eigenvalue weighted by Gasteiger charge is 2.30. The van der Waals surface area contributed by atoms with E-state index in [9.17, 15) is 23.1 Å². The number of nitrogens with zero attached hydrogens (tertiary/aromatic N) is 2. The zero-order valence-corrected chi connectivity index (χ0v) is 10.3. The van der Waals surface area contributed by atoms with Crippen LogP contribution < -0.4 is 5.69 Å². The Kier molecular flexibility index (Phi) is 2.67. The van der Waals surface area contributed by atoms with Crippen LogP contribution in [0.3, 0.4) is 0 Å². The molecule has 106 valence electrons. The molecule has 0 aliphatic carbocycles. The molecule has 2 heterocycles. The van der Waals surface area contributed by atoms with E-state index in [0.717, 1.165) is 23.1 Å². The van der Waals surface area contributed by atoms with Crippen LogP contribution in [0, 0.1) is 0 Å². The Morgan fingerprint density at radius 3 is 2.35 bits per heavy atom. The van der Waals surface area contributed by atoms with Gasteiger partial charge in [-0.15, -0.1) is 0 Å². The first kappa shape index (κ1) is 12.8. The Labute approximate surface area is 111 Å². The molecule has 2 aromatic rings. The third kappa shape index (κ3) is 1.81. The Bertz CT molecular complexity index is 711. The minimum absolute atomic E-state index is 0.188. The largest absolute Gasteiger partial charge is 0.493 e. The first-order valence-corrected chi connectivity index (χ1v) is 6.10. The molecule has 0 saturated carbocycles. The molecule has 0 amide bonds. The number of hydrogen-bond acceptors (Lipinski definition) is 2. The molecule has 0 atom stereocenters. The molecule has 0 unspecified atom stereocenters. The summed E-state index contributed by atoms with van der Waals surface area (Å²) in [7, 11) is 0. The van der Waals surface area contributed by atoms with Gasteiger partial charge in [0.25, 0.3) is 0 Å². The van der Waals surface area contributed by atoms with E-state index in [0.29, 0.717) is 18.7 Å². The minimum Gasteiger partial charge on any atom is -0.493 e. The van der Waals surface area contributed by atoms with Crippen LogP contribution in [-0.4, -0.2) is 14.2 Å². The molecule has 0 bridgehead atoms. The summed E-state index contributed by atoms with van der Waals surface area (Å²) in [6.45, 7) is 0.523. The van der Waals surface area contributed by atoms with Crippen LogP contribution in [0.4, 0.5) is 13.2 Å². The SMILES string of the molecule is O=c1n2c(c(O)n1-c1ccc(C(F)(F)F)cc1)CCC2. The number of rotatable bonds is 1. The molecule has 1 N–H and O–H groups in total. The van der Waals surface area contributed by atoms with E-state index in [4.69, 9.17) is 0 Å². The summed E-state index contributed by atoms with van der Waals surface area (Å²) in [5.41, 5.74) is -0.451. The number of aromatic nitrogens is 2. The van der Waals surface area contributed by atoms with E-state index in [-0.39, 0.29) is 11.6 Å². The number of alkyl halides is 3. The summed E-state index contributed by atoms with van der Waals surface area (Å²) in [6, 6.07) is 4.15. The highest BCUT2D eigenvalue weighted by Crippen LogP contribution is 2.31. The molecule has 1 aliphatic heterocycles. The maximum Gasteiger partial charge on any atom is 0.416 e. The van der Waals surface area contributed by atoms with E-state index in [1.165, 1.54) is 16.7 Å². The van der Waals surface area contributed by atoms with Gasteiger partial charge in [-0.05, 0) is 37.1 Å². The van der Waals surface area contributed by atoms with Gasteiger partial charge in [-0.2, -0.15) is 13.2 Å². The van der Waals surface area contributed by atoms with Gasteiger partial charge in [0.1, 0.15) is 0 Å². The van der Waals surface area contributed by atoms with Crippen molar-refractivity contribution in [2.45, 2.75) is 25.6 Å². The lowest BCUT2D eigenvalue weighted by Gasteiger charge is -2.08. The number of imidazole rings is 1. The Morgan fingerprint density at radius 1 is 1.15 bits per heavy atom. The standard InChI is InChI=1S/C13H11F3N2O2/c14-13(15,16)8-3-5-9(6-4-8)18-11(19)10-2-1-7-17(10)12(18)20/h3-6,19H,1-2,7H2. The first-order valence-electron chi connectivity index (χ1n) is 6.10. The number of fused-ring (bicyclic) bond motifs is 1. The average molecular weight is 284 g/mol. The van der Waals surface area contributed by atoms with Crippen LogP contribution in [0.5, 0.6) is 5.88 Å². The lowest BCUT2D eigenvalue weighted by molar-refractivity contribution is -0.137. The van der Waals surface area contributed by atoms with Crippen molar-refractivity contribution >= 4 is 0 Å². The van der Waals surface area contributed by atoms with Crippen LogP contribution in [0.15, 0.2) is 29.1 Å². The van der Waals surface area contributed by atoms with Crippen LogP contribution in [0.2, 0.25) is 0 Å². The summed E-state index contributed by atoms with van der Waals surface area (Å²) in [5.74, 6) is -0.188. The van der Waals surface area contributed by atoms with Crippen LogP contribution >= 0.6 is 0 Å². The average Bonchev–Trinajstić information content (AvgIpc) is 2.94. The van der Waals surface area contributed by atoms with Crippen molar-refractivity contribution in [1.29, 1.82) is 0 Å². The zero-order valence-electron chi connectivity index (χ0n) is 10.3. The van der Waals surface area contributed by atoms with Gasteiger partial charge in [0.05, 0.1) is 16.9 Å². The van der Waals surface area contributed by atoms with Crippen LogP contribution in [0.1, 0.15) is 17.7 Å². The van der Waals surface area contributed by atoms with Crippen LogP contribution in [-0.2, 0) is 19.1 Å². The van der Waals surface area contributed by atoms with Crippen molar-refractivity contribution in [3.63, 3.8) is 0 Å². The van der Waals surface area contributed by atoms with E-state index in [2.05, 4.69) is 0 Å². The quantitative estimate of drug-likeness (QED) is 0.873. The number of benzene rings is 1. The predicted octanol–water partition coefficient (Wildman–Crippen LogP) is 2.31. The molecule has 0 fully saturated rings. The van der Waals surface area contributed by atoms with Gasteiger partial charge in [-0.1, -0.05) is 0 Å². The van der Waals surface area contributed by atoms with Crippen molar-refractivity contribution in [3.05, 3.63) is 46.0 Å². The molecule has 20 heavy (non-hydrogen) atoms. The number of halogens is 3. The zero-order chi connectivity index (χ0) is 14.5. The predicted molar refractivity (Wildman–Crippen MR) is 65.0 cm³/mol. The second-order valence-electron chi connectivity index (χ2n) is 4.69. The fourth-order valence-corrected chi connectivity index (χ4v) is 2.49. The topological polar surface area (TPSA) is 47.2 Å². The van der Waals surface area contributed by atoms with Gasteiger partial charge in [-0.25, -0.2) is 9.36 Å². The Morgan fingerprint density at radius 2 is 1.80 bits per heavy atom. The molecule has 3 rings (SSSR count). The molecule has 4 nitrogen and oxygen atoms in total. The van der Waals surface area contributed by atoms with Crippen molar-refractivity contribution < 1.29 is 18.3 Å². The smallest absolute Gasteiger partial charge is 0.416 e. The maximum atomic E-state index is 12.5. The van der Waals surface area contributed by atoms with Gasteiger partial charge < -0.3 is 5.11 Å². The second-order valence-corrected chi connectivity index (χ2v) is 4.69. The molecular formula is C13H11F3N2O2. The molecule has 0 saturated heterocycles. The molecule has 7 heteroatoms. The monoisotopic (exact) mass is 284 g/mol. The highest BCUT2D eigenvalue weighted by molar-refractivity contribution is 5.41. The summed E-state index contributed by atoms with van der Waals surface area (Å²) in [5, 5.41) is 10.0. The van der Waals surface area contributed by atoms with Gasteiger partial charge in [0.2, 0.25) is 5.88 Å². The number of hydrogen-bond donors (Lipinski definition) is 1. The van der Waals surface area contributed by atoms with Crippen molar-refractivity contribution in [2.75, 3.05) is 0 Å². The van der Waals surface area contributed by atoms with E-state index in [1.54, 1.807) is 0 Å². The van der Waals surface area contributed by atoms with Crippen molar-refractivity contribution in [3.8, 4) is 11.6 Å². The van der Waals surface area contributed by atoms with Gasteiger partial charge in [0.15, 0.2) is 0 Å². The third-order valence-electron chi connectivity index (χ3n) is 3.47. The summed E-state index contributed by atoms with van der Waals surface area (Å²) in [6.07, 6.45) is -3.05. The molecule has 0 spiro atoms. The highest BCUT2D eigenvalue weighted by atomic mass is 19.4. The summed E-state index contributed by atoms with van der Waals surface area (Å²) in [4.78, 5) is 12.1. The Balaban J connectivity index is 2.09. The van der Waals surface area contributed by atoms with E-state index in [1.807, 2.05) is 0 Å². The van der Waals surface area contributed by atoms with Gasteiger partial charge in [0, 0.05) is 6.54 Å². The van der Waals surface area contributed by atoms with Crippen molar-refractivity contribution in [1.82, 2.24) is 9.13 Å². The first-order chi connectivity index (χ1) is 9.39. The van der Waals surface area contributed by atoms with Crippen LogP contribution in [0.25, 0.3) is 5.69 Å². The third-order valence-corrected chi connectivity index (χ3v) is 3.47. The molecule has 0 radical (unpaired) electrons. The molecular weight excluding hydrogens is 273 g/mol. The normalized spacial score (nSPS) is 14.6. The summed E-state index contributed by atoms with van der Waals surface area (Å²) >= 11 is 0. The maximum absolute atomic E-state index is 12.5. The number of aromatic hydroxyl groups is 1. The fraction of sp³-hybridized carbons (Fsp3) is 0.308. The van der Waals surface area contributed by atoms with E-state index >= 15 is 0 Å². The molecule has 1 aliphatic rings. The lowest BCUT2D eigenvalue weighted by Crippen LogP contribution is -2.22. The molecule has 1 aromatic carbocycles. The van der Waals surface area contributed by atoms with E-state index < -0.39 is 17.4 Å². The summed E-state index contributed by atoms with van der Waals surface area (Å²) < 4.78 is 40.0. The van der Waals surface area contributed by atoms with Gasteiger partial charge in [-0.3, -0.25) is 4.57 Å². The Hall–Kier alpha value is -2.18. The van der Waals surface area contributed by atoms with Crippen molar-refractivity contribution in [2.24, 2.45) is 0 Å². The fourth-order valence-electron chi connectivity index (χ4n) is 2.49. The second kappa shape index (κ2) is 4.16.